The molecular formula is C28H45N5O. The van der Waals surface area contributed by atoms with Crippen molar-refractivity contribution in [1.82, 2.24) is 24.5 Å². The van der Waals surface area contributed by atoms with E-state index < -0.39 is 0 Å². The second kappa shape index (κ2) is 6.99. The molecule has 13 fully saturated rings. The Morgan fingerprint density at radius 3 is 1.32 bits per heavy atom. The van der Waals surface area contributed by atoms with Gasteiger partial charge in [0.1, 0.15) is 0 Å². The van der Waals surface area contributed by atoms with Crippen molar-refractivity contribution in [2.75, 3.05) is 98.7 Å². The van der Waals surface area contributed by atoms with Gasteiger partial charge in [-0.05, 0) is 73.7 Å². The van der Waals surface area contributed by atoms with Crippen LogP contribution < -0.4 is 0 Å². The summed E-state index contributed by atoms with van der Waals surface area (Å²) >= 11 is 0. The zero-order valence-corrected chi connectivity index (χ0v) is 21.3. The molecule has 0 aromatic carbocycles. The van der Waals surface area contributed by atoms with Crippen LogP contribution in [0.4, 0.5) is 0 Å². The van der Waals surface area contributed by atoms with Gasteiger partial charge in [-0.15, -0.1) is 0 Å². The van der Waals surface area contributed by atoms with Crippen molar-refractivity contribution >= 4 is 0 Å². The molecule has 0 aromatic rings. The van der Waals surface area contributed by atoms with Crippen LogP contribution in [0.3, 0.4) is 0 Å². The first-order valence-electron chi connectivity index (χ1n) is 15.0. The molecule has 34 heavy (non-hydrogen) atoms. The van der Waals surface area contributed by atoms with Crippen LogP contribution in [0.5, 0.6) is 0 Å². The number of hydrogen-bond acceptors (Lipinski definition) is 6. The highest BCUT2D eigenvalue weighted by molar-refractivity contribution is 5.43. The zero-order valence-electron chi connectivity index (χ0n) is 21.3. The molecule has 0 N–H and O–H groups in total. The summed E-state index contributed by atoms with van der Waals surface area (Å²) in [6.07, 6.45) is 4.30. The van der Waals surface area contributed by atoms with Gasteiger partial charge < -0.3 is 19.4 Å². The van der Waals surface area contributed by atoms with Crippen molar-refractivity contribution in [2.24, 2.45) is 47.3 Å². The van der Waals surface area contributed by atoms with E-state index >= 15 is 0 Å². The summed E-state index contributed by atoms with van der Waals surface area (Å²) in [5, 5.41) is 0. The predicted octanol–water partition coefficient (Wildman–Crippen LogP) is 0.843. The van der Waals surface area contributed by atoms with Crippen LogP contribution in [0.2, 0.25) is 0 Å². The Kier molecular flexibility index (Phi) is 4.27. The molecule has 8 bridgehead atoms. The molecule has 8 heterocycles. The summed E-state index contributed by atoms with van der Waals surface area (Å²) in [5.41, 5.74) is 0.595. The second-order valence-electron chi connectivity index (χ2n) is 14.0. The van der Waals surface area contributed by atoms with Crippen molar-refractivity contribution in [2.45, 2.75) is 30.5 Å². The molecule has 6 heteroatoms. The van der Waals surface area contributed by atoms with Crippen LogP contribution in [-0.4, -0.2) is 134 Å². The van der Waals surface area contributed by atoms with E-state index in [1.54, 1.807) is 6.42 Å². The van der Waals surface area contributed by atoms with Gasteiger partial charge in [-0.2, -0.15) is 0 Å². The molecule has 6 nitrogen and oxygen atoms in total. The maximum Gasteiger partial charge on any atom is 0.0771 e. The van der Waals surface area contributed by atoms with Crippen molar-refractivity contribution < 1.29 is 4.74 Å². The maximum atomic E-state index is 7.57. The van der Waals surface area contributed by atoms with Crippen LogP contribution in [-0.2, 0) is 4.74 Å². The number of piperazine rings is 2. The van der Waals surface area contributed by atoms with Crippen LogP contribution in [0, 0.1) is 47.3 Å². The monoisotopic (exact) mass is 467 g/mol. The molecule has 13 aliphatic rings. The Labute approximate surface area is 205 Å². The fraction of sp³-hybridized carbons (Fsp3) is 1.00. The van der Waals surface area contributed by atoms with Gasteiger partial charge in [0.25, 0.3) is 0 Å². The Hall–Kier alpha value is -0.240. The normalized spacial score (nSPS) is 63.8. The Bertz CT molecular complexity index is 784. The number of nitrogens with zero attached hydrogens (tertiary/aromatic N) is 5. The standard InChI is InChI=1S/C28H45N5O/c1-29-6-8-32-14-10-30(11-15-32)4-2-27-23-19-18-20-22-21(19)25(27)26(22)28(34-27,24(20)23)3-5-31-12-16-33(9-7-29)17-13-31/h19-26H,2-18H2,1H3. The largest absolute Gasteiger partial charge is 0.367 e. The van der Waals surface area contributed by atoms with Crippen LogP contribution in [0.15, 0.2) is 0 Å². The Morgan fingerprint density at radius 2 is 0.882 bits per heavy atom. The molecule has 5 saturated carbocycles. The third kappa shape index (κ3) is 2.41. The fourth-order valence-electron chi connectivity index (χ4n) is 12.2. The van der Waals surface area contributed by atoms with Gasteiger partial charge in [0.15, 0.2) is 0 Å². The van der Waals surface area contributed by atoms with E-state index in [0.717, 1.165) is 47.3 Å². The van der Waals surface area contributed by atoms with Crippen molar-refractivity contribution in [3.05, 3.63) is 0 Å². The average Bonchev–Trinajstić information content (AvgIpc) is 3.52. The molecule has 13 rings (SSSR count). The van der Waals surface area contributed by atoms with Crippen molar-refractivity contribution in [3.8, 4) is 0 Å². The van der Waals surface area contributed by atoms with E-state index in [1.165, 1.54) is 104 Å². The molecule has 2 spiro atoms. The lowest BCUT2D eigenvalue weighted by molar-refractivity contribution is -0.0868. The van der Waals surface area contributed by atoms with Gasteiger partial charge in [-0.1, -0.05) is 0 Å². The minimum Gasteiger partial charge on any atom is -0.367 e. The lowest BCUT2D eigenvalue weighted by Crippen LogP contribution is -2.54. The molecule has 8 saturated heterocycles. The number of likely N-dealkylation sites (N-methyl/N-ethyl adjacent to an activating group) is 1. The lowest BCUT2D eigenvalue weighted by Gasteiger charge is -2.48. The highest BCUT2D eigenvalue weighted by Gasteiger charge is 2.96. The van der Waals surface area contributed by atoms with Crippen molar-refractivity contribution in [3.63, 3.8) is 0 Å². The fourth-order valence-corrected chi connectivity index (χ4v) is 12.2. The van der Waals surface area contributed by atoms with Gasteiger partial charge in [-0.25, -0.2) is 0 Å². The smallest absolute Gasteiger partial charge is 0.0771 e. The summed E-state index contributed by atoms with van der Waals surface area (Å²) in [6, 6.07) is 0. The summed E-state index contributed by atoms with van der Waals surface area (Å²) in [7, 11) is 2.33. The summed E-state index contributed by atoms with van der Waals surface area (Å²) in [6.45, 7) is 17.7. The Balaban J connectivity index is 0.987. The Morgan fingerprint density at radius 1 is 0.500 bits per heavy atom. The van der Waals surface area contributed by atoms with Gasteiger partial charge in [0.05, 0.1) is 11.2 Å². The predicted molar refractivity (Wildman–Crippen MR) is 132 cm³/mol. The quantitative estimate of drug-likeness (QED) is 0.524. The van der Waals surface area contributed by atoms with E-state index in [1.807, 2.05) is 0 Å². The van der Waals surface area contributed by atoms with Gasteiger partial charge in [-0.3, -0.25) is 9.80 Å². The van der Waals surface area contributed by atoms with E-state index in [0.29, 0.717) is 11.2 Å². The number of rotatable bonds is 0. The number of ether oxygens (including phenoxy) is 1. The molecule has 0 radical (unpaired) electrons. The minimum atomic E-state index is 0.297. The van der Waals surface area contributed by atoms with E-state index in [4.69, 9.17) is 4.74 Å². The van der Waals surface area contributed by atoms with Crippen molar-refractivity contribution in [1.29, 1.82) is 0 Å². The first-order valence-corrected chi connectivity index (χ1v) is 15.0. The highest BCUT2D eigenvalue weighted by Crippen LogP contribution is 2.93. The SMILES string of the molecule is CN1CCN2CCN(CC2)CCC23OC4(CCN5CCN(CC1)CC5)C1C5CC(C6C5C4C62)C13. The molecule has 0 amide bonds. The summed E-state index contributed by atoms with van der Waals surface area (Å²) in [4.78, 5) is 13.6. The minimum absolute atomic E-state index is 0.297. The number of hydrogen-bond donors (Lipinski definition) is 0. The highest BCUT2D eigenvalue weighted by atomic mass is 16.5. The van der Waals surface area contributed by atoms with E-state index in [2.05, 4.69) is 31.5 Å². The first kappa shape index (κ1) is 20.8. The maximum absolute atomic E-state index is 7.57. The van der Waals surface area contributed by atoms with E-state index in [9.17, 15) is 0 Å². The third-order valence-electron chi connectivity index (χ3n) is 13.3. The average molecular weight is 468 g/mol. The molecule has 10 atom stereocenters. The van der Waals surface area contributed by atoms with Crippen LogP contribution >= 0.6 is 0 Å². The topological polar surface area (TPSA) is 25.4 Å². The summed E-state index contributed by atoms with van der Waals surface area (Å²) in [5.74, 6) is 8.10. The molecule has 8 aliphatic heterocycles. The molecule has 5 aliphatic carbocycles. The molecule has 10 unspecified atom stereocenters. The van der Waals surface area contributed by atoms with E-state index in [-0.39, 0.29) is 0 Å². The molecule has 0 aromatic heterocycles. The summed E-state index contributed by atoms with van der Waals surface area (Å²) < 4.78 is 7.57. The van der Waals surface area contributed by atoms with Gasteiger partial charge >= 0.3 is 0 Å². The molecule has 188 valence electrons. The third-order valence-corrected chi connectivity index (χ3v) is 13.3. The van der Waals surface area contributed by atoms with Gasteiger partial charge in [0.2, 0.25) is 0 Å². The van der Waals surface area contributed by atoms with Crippen LogP contribution in [0.25, 0.3) is 0 Å². The molecular weight excluding hydrogens is 422 g/mol. The lowest BCUT2D eigenvalue weighted by atomic mass is 9.54. The zero-order chi connectivity index (χ0) is 22.2. The van der Waals surface area contributed by atoms with Gasteiger partial charge in [0, 0.05) is 91.6 Å². The first-order chi connectivity index (χ1) is 16.7. The van der Waals surface area contributed by atoms with Crippen LogP contribution in [0.1, 0.15) is 19.3 Å². The second-order valence-corrected chi connectivity index (χ2v) is 14.0.